The highest BCUT2D eigenvalue weighted by Gasteiger charge is 2.64. The second-order valence-corrected chi connectivity index (χ2v) is 10.2. The van der Waals surface area contributed by atoms with Crippen molar-refractivity contribution < 1.29 is 19.4 Å². The summed E-state index contributed by atoms with van der Waals surface area (Å²) in [4.78, 5) is 24.4. The van der Waals surface area contributed by atoms with Crippen molar-refractivity contribution in [3.8, 4) is 0 Å². The Kier molecular flexibility index (Phi) is 4.70. The molecular weight excluding hydrogens is 342 g/mol. The molecule has 4 aliphatic carbocycles. The number of Topliss-reactive ketones (excluding diaryl/α,β-unsaturated/α-hetero) is 1. The summed E-state index contributed by atoms with van der Waals surface area (Å²) in [6.07, 6.45) is 7.84. The van der Waals surface area contributed by atoms with Crippen molar-refractivity contribution in [2.45, 2.75) is 89.8 Å². The van der Waals surface area contributed by atoms with Gasteiger partial charge >= 0.3 is 5.97 Å². The standard InChI is InChI=1S/C22H35NO4/c1-20-9-7-17-15(16(20)3-4-18(20)24)6-11-22(26)13-14(5-10-21(17,22)2)27-19(25)8-12-23/h14-17,26H,3-13,23H2,1-2H3/t14?,15-,16-,17+,20-,21+,22?/m0/s1. The Bertz CT molecular complexity index is 636. The average Bonchev–Trinajstić information content (AvgIpc) is 2.91. The average molecular weight is 378 g/mol. The lowest BCUT2D eigenvalue weighted by molar-refractivity contribution is -0.221. The molecule has 0 amide bonds. The maximum absolute atomic E-state index is 12.5. The first-order chi connectivity index (χ1) is 12.7. The second-order valence-electron chi connectivity index (χ2n) is 10.2. The van der Waals surface area contributed by atoms with E-state index in [0.29, 0.717) is 36.5 Å². The number of esters is 1. The quantitative estimate of drug-likeness (QED) is 0.738. The van der Waals surface area contributed by atoms with Crippen molar-refractivity contribution in [2.75, 3.05) is 6.54 Å². The fourth-order valence-electron chi connectivity index (χ4n) is 7.44. The molecule has 0 bridgehead atoms. The Balaban J connectivity index is 1.53. The van der Waals surface area contributed by atoms with Crippen LogP contribution in [0, 0.1) is 28.6 Å². The van der Waals surface area contributed by atoms with Gasteiger partial charge in [0.1, 0.15) is 11.9 Å². The number of hydrogen-bond donors (Lipinski definition) is 2. The van der Waals surface area contributed by atoms with Crippen LogP contribution >= 0.6 is 0 Å². The number of nitrogens with two attached hydrogens (primary N) is 1. The van der Waals surface area contributed by atoms with Gasteiger partial charge in [0.15, 0.2) is 0 Å². The van der Waals surface area contributed by atoms with Crippen LogP contribution in [0.25, 0.3) is 0 Å². The smallest absolute Gasteiger partial charge is 0.307 e. The van der Waals surface area contributed by atoms with E-state index in [4.69, 9.17) is 10.5 Å². The van der Waals surface area contributed by atoms with Crippen LogP contribution in [0.3, 0.4) is 0 Å². The first-order valence-corrected chi connectivity index (χ1v) is 10.9. The lowest BCUT2D eigenvalue weighted by atomic mass is 9.43. The molecule has 0 aromatic heterocycles. The van der Waals surface area contributed by atoms with Gasteiger partial charge in [0.25, 0.3) is 0 Å². The van der Waals surface area contributed by atoms with Gasteiger partial charge in [-0.15, -0.1) is 0 Å². The van der Waals surface area contributed by atoms with Crippen LogP contribution in [-0.4, -0.2) is 35.1 Å². The lowest BCUT2D eigenvalue weighted by Crippen LogP contribution is -2.63. The predicted molar refractivity (Wildman–Crippen MR) is 102 cm³/mol. The van der Waals surface area contributed by atoms with E-state index in [9.17, 15) is 14.7 Å². The Morgan fingerprint density at radius 3 is 2.67 bits per heavy atom. The third-order valence-electron chi connectivity index (χ3n) is 9.12. The molecule has 2 unspecified atom stereocenters. The van der Waals surface area contributed by atoms with E-state index < -0.39 is 5.60 Å². The number of fused-ring (bicyclic) bond motifs is 5. The number of carbonyl (C=O) groups is 2. The summed E-state index contributed by atoms with van der Waals surface area (Å²) in [5.41, 5.74) is 4.42. The minimum Gasteiger partial charge on any atom is -0.462 e. The molecule has 0 saturated heterocycles. The second kappa shape index (κ2) is 6.55. The number of aliphatic hydroxyl groups is 1. The molecule has 0 aliphatic heterocycles. The molecule has 0 aromatic rings. The molecule has 3 N–H and O–H groups in total. The molecule has 5 nitrogen and oxygen atoms in total. The fraction of sp³-hybridized carbons (Fsp3) is 0.909. The maximum Gasteiger partial charge on any atom is 0.307 e. The largest absolute Gasteiger partial charge is 0.462 e. The number of hydrogen-bond acceptors (Lipinski definition) is 5. The fourth-order valence-corrected chi connectivity index (χ4v) is 7.44. The highest BCUT2D eigenvalue weighted by atomic mass is 16.5. The van der Waals surface area contributed by atoms with Crippen molar-refractivity contribution in [2.24, 2.45) is 34.3 Å². The van der Waals surface area contributed by atoms with E-state index in [1.165, 1.54) is 0 Å². The molecule has 0 aromatic carbocycles. The summed E-state index contributed by atoms with van der Waals surface area (Å²) in [5.74, 6) is 1.73. The highest BCUT2D eigenvalue weighted by molar-refractivity contribution is 5.87. The molecule has 0 radical (unpaired) electrons. The summed E-state index contributed by atoms with van der Waals surface area (Å²) in [7, 11) is 0. The van der Waals surface area contributed by atoms with Crippen molar-refractivity contribution in [1.29, 1.82) is 0 Å². The molecule has 27 heavy (non-hydrogen) atoms. The van der Waals surface area contributed by atoms with Gasteiger partial charge in [-0.2, -0.15) is 0 Å². The highest BCUT2D eigenvalue weighted by Crippen LogP contribution is 2.66. The van der Waals surface area contributed by atoms with Crippen molar-refractivity contribution in [3.05, 3.63) is 0 Å². The first-order valence-electron chi connectivity index (χ1n) is 10.9. The number of rotatable bonds is 3. The number of carbonyl (C=O) groups excluding carboxylic acids is 2. The van der Waals surface area contributed by atoms with Crippen molar-refractivity contribution in [1.82, 2.24) is 0 Å². The number of ketones is 1. The molecule has 4 saturated carbocycles. The molecule has 0 spiro atoms. The zero-order valence-corrected chi connectivity index (χ0v) is 16.8. The maximum atomic E-state index is 12.5. The normalized spacial score (nSPS) is 49.1. The van der Waals surface area contributed by atoms with Crippen LogP contribution in [-0.2, 0) is 14.3 Å². The van der Waals surface area contributed by atoms with Crippen molar-refractivity contribution in [3.63, 3.8) is 0 Å². The third-order valence-corrected chi connectivity index (χ3v) is 9.12. The van der Waals surface area contributed by atoms with Crippen LogP contribution in [0.2, 0.25) is 0 Å². The molecular formula is C22H35NO4. The lowest BCUT2D eigenvalue weighted by Gasteiger charge is -2.63. The third kappa shape index (κ3) is 2.79. The van der Waals surface area contributed by atoms with Crippen LogP contribution in [0.5, 0.6) is 0 Å². The summed E-state index contributed by atoms with van der Waals surface area (Å²) in [6.45, 7) is 4.76. The van der Waals surface area contributed by atoms with Crippen LogP contribution in [0.1, 0.15) is 78.1 Å². The Morgan fingerprint density at radius 1 is 1.15 bits per heavy atom. The SMILES string of the molecule is C[C@]12CC[C@@H]3[C@@H](CCC4(O)CC(OC(=O)CCN)CC[C@]34C)[C@@H]1CCC2=O. The van der Waals surface area contributed by atoms with Crippen LogP contribution in [0.4, 0.5) is 0 Å². The topological polar surface area (TPSA) is 89.6 Å². The zero-order chi connectivity index (χ0) is 19.4. The predicted octanol–water partition coefficient (Wildman–Crippen LogP) is 2.97. The van der Waals surface area contributed by atoms with Gasteiger partial charge in [-0.05, 0) is 68.1 Å². The molecule has 4 rings (SSSR count). The van der Waals surface area contributed by atoms with E-state index in [-0.39, 0.29) is 29.3 Å². The minimum absolute atomic E-state index is 0.123. The molecule has 152 valence electrons. The van der Waals surface area contributed by atoms with E-state index in [1.807, 2.05) is 0 Å². The number of ether oxygens (including phenoxy) is 1. The Hall–Kier alpha value is -0.940. The van der Waals surface area contributed by atoms with E-state index in [2.05, 4.69) is 13.8 Å². The zero-order valence-electron chi connectivity index (χ0n) is 16.8. The molecule has 5 heteroatoms. The first kappa shape index (κ1) is 19.4. The Morgan fingerprint density at radius 2 is 1.93 bits per heavy atom. The van der Waals surface area contributed by atoms with Gasteiger partial charge in [-0.3, -0.25) is 9.59 Å². The Labute approximate surface area is 162 Å². The van der Waals surface area contributed by atoms with Crippen LogP contribution in [0.15, 0.2) is 0 Å². The monoisotopic (exact) mass is 377 g/mol. The van der Waals surface area contributed by atoms with Gasteiger partial charge in [0, 0.05) is 24.8 Å². The molecule has 4 fully saturated rings. The van der Waals surface area contributed by atoms with Gasteiger partial charge in [0.05, 0.1) is 12.0 Å². The van der Waals surface area contributed by atoms with E-state index in [1.54, 1.807) is 0 Å². The van der Waals surface area contributed by atoms with Gasteiger partial charge in [0.2, 0.25) is 0 Å². The summed E-state index contributed by atoms with van der Waals surface area (Å²) in [5, 5.41) is 11.7. The molecule has 7 atom stereocenters. The van der Waals surface area contributed by atoms with Crippen molar-refractivity contribution >= 4 is 11.8 Å². The summed E-state index contributed by atoms with van der Waals surface area (Å²) >= 11 is 0. The summed E-state index contributed by atoms with van der Waals surface area (Å²) in [6, 6.07) is 0. The molecule has 0 heterocycles. The van der Waals surface area contributed by atoms with Crippen LogP contribution < -0.4 is 5.73 Å². The van der Waals surface area contributed by atoms with E-state index in [0.717, 1.165) is 51.4 Å². The minimum atomic E-state index is -0.767. The van der Waals surface area contributed by atoms with Gasteiger partial charge in [-0.25, -0.2) is 0 Å². The van der Waals surface area contributed by atoms with E-state index >= 15 is 0 Å². The van der Waals surface area contributed by atoms with Gasteiger partial charge in [-0.1, -0.05) is 13.8 Å². The van der Waals surface area contributed by atoms with Gasteiger partial charge < -0.3 is 15.6 Å². The molecule has 4 aliphatic rings. The summed E-state index contributed by atoms with van der Waals surface area (Å²) < 4.78 is 5.60.